The van der Waals surface area contributed by atoms with Gasteiger partial charge in [0.05, 0.1) is 10.9 Å². The van der Waals surface area contributed by atoms with E-state index < -0.39 is 0 Å². The molecule has 6 heteroatoms. The van der Waals surface area contributed by atoms with Gasteiger partial charge >= 0.3 is 0 Å². The largest absolute Gasteiger partial charge is 0.370 e. The first-order valence-corrected chi connectivity index (χ1v) is 11.0. The Bertz CT molecular complexity index is 495. The predicted molar refractivity (Wildman–Crippen MR) is 97.5 cm³/mol. The van der Waals surface area contributed by atoms with Gasteiger partial charge in [0.1, 0.15) is 11.6 Å². The fraction of sp³-hybridized carbons (Fsp3) is 0.733. The molecular weight excluding hydrogens is 318 g/mol. The van der Waals surface area contributed by atoms with E-state index in [0.29, 0.717) is 10.5 Å². The van der Waals surface area contributed by atoms with Crippen LogP contribution < -0.4 is 5.32 Å². The van der Waals surface area contributed by atoms with E-state index in [0.717, 1.165) is 36.1 Å². The minimum absolute atomic E-state index is 0.465. The highest BCUT2D eigenvalue weighted by molar-refractivity contribution is 8.06. The SMILES string of the molecule is CCCNc1nc(C2SCCSC2CC)nc2c1CSC2. The third-order valence-corrected chi connectivity index (χ3v) is 8.06. The van der Waals surface area contributed by atoms with Crippen LogP contribution >= 0.6 is 35.3 Å². The van der Waals surface area contributed by atoms with Crippen LogP contribution in [0.25, 0.3) is 0 Å². The minimum atomic E-state index is 0.465. The summed E-state index contributed by atoms with van der Waals surface area (Å²) in [5, 5.41) is 4.65. The average Bonchev–Trinajstić information content (AvgIpc) is 3.01. The predicted octanol–water partition coefficient (Wildman–Crippen LogP) is 4.35. The third kappa shape index (κ3) is 3.48. The molecule has 3 rings (SSSR count). The van der Waals surface area contributed by atoms with Crippen molar-refractivity contribution >= 4 is 41.1 Å². The molecular formula is C15H23N3S3. The number of nitrogens with zero attached hydrogens (tertiary/aromatic N) is 2. The molecule has 0 bridgehead atoms. The molecule has 1 saturated heterocycles. The van der Waals surface area contributed by atoms with E-state index in [1.807, 2.05) is 23.5 Å². The van der Waals surface area contributed by atoms with E-state index in [1.54, 1.807) is 0 Å². The molecule has 0 aliphatic carbocycles. The van der Waals surface area contributed by atoms with Gasteiger partial charge in [-0.1, -0.05) is 13.8 Å². The lowest BCUT2D eigenvalue weighted by Crippen LogP contribution is -2.21. The van der Waals surface area contributed by atoms with Crippen molar-refractivity contribution in [2.75, 3.05) is 23.4 Å². The standard InChI is InChI=1S/C15H23N3S3/c1-3-5-16-14-10-8-19-9-11(10)17-15(18-14)13-12(4-2)20-6-7-21-13/h12-13H,3-9H2,1-2H3,(H,16,17,18). The number of hydrogen-bond acceptors (Lipinski definition) is 6. The highest BCUT2D eigenvalue weighted by atomic mass is 32.2. The zero-order valence-electron chi connectivity index (χ0n) is 12.7. The molecule has 21 heavy (non-hydrogen) atoms. The number of anilines is 1. The lowest BCUT2D eigenvalue weighted by Gasteiger charge is -2.29. The lowest BCUT2D eigenvalue weighted by molar-refractivity contribution is 0.743. The van der Waals surface area contributed by atoms with Crippen molar-refractivity contribution in [1.29, 1.82) is 0 Å². The number of rotatable bonds is 5. The molecule has 1 aromatic rings. The molecule has 2 atom stereocenters. The van der Waals surface area contributed by atoms with Crippen molar-refractivity contribution in [2.45, 2.75) is 48.7 Å². The summed E-state index contributed by atoms with van der Waals surface area (Å²) in [6, 6.07) is 0. The summed E-state index contributed by atoms with van der Waals surface area (Å²) in [6.07, 6.45) is 2.34. The van der Waals surface area contributed by atoms with Crippen LogP contribution in [0.5, 0.6) is 0 Å². The van der Waals surface area contributed by atoms with Gasteiger partial charge in [-0.2, -0.15) is 23.5 Å². The number of fused-ring (bicyclic) bond motifs is 1. The molecule has 2 aliphatic heterocycles. The van der Waals surface area contributed by atoms with Gasteiger partial charge in [-0.15, -0.1) is 11.8 Å². The highest BCUT2D eigenvalue weighted by Gasteiger charge is 2.31. The second kappa shape index (κ2) is 7.47. The van der Waals surface area contributed by atoms with Crippen molar-refractivity contribution in [2.24, 2.45) is 0 Å². The second-order valence-corrected chi connectivity index (χ2v) is 8.97. The van der Waals surface area contributed by atoms with Crippen LogP contribution in [0.4, 0.5) is 5.82 Å². The van der Waals surface area contributed by atoms with Crippen LogP contribution in [-0.2, 0) is 11.5 Å². The zero-order valence-corrected chi connectivity index (χ0v) is 15.2. The van der Waals surface area contributed by atoms with Crippen LogP contribution in [0.2, 0.25) is 0 Å². The molecule has 2 aliphatic rings. The normalized spacial score (nSPS) is 24.9. The van der Waals surface area contributed by atoms with Gasteiger partial charge in [-0.3, -0.25) is 0 Å². The van der Waals surface area contributed by atoms with Gasteiger partial charge in [0, 0.05) is 40.4 Å². The number of thioether (sulfide) groups is 3. The lowest BCUT2D eigenvalue weighted by atomic mass is 10.2. The summed E-state index contributed by atoms with van der Waals surface area (Å²) in [5.74, 6) is 6.77. The molecule has 0 amide bonds. The Balaban J connectivity index is 1.91. The Labute approximate surface area is 140 Å². The first kappa shape index (κ1) is 15.8. The van der Waals surface area contributed by atoms with Crippen LogP contribution in [-0.4, -0.2) is 33.3 Å². The summed E-state index contributed by atoms with van der Waals surface area (Å²) in [5.41, 5.74) is 2.62. The van der Waals surface area contributed by atoms with Crippen LogP contribution in [0.1, 0.15) is 49.0 Å². The Hall–Kier alpha value is -0.0700. The first-order valence-electron chi connectivity index (χ1n) is 7.78. The molecule has 1 N–H and O–H groups in total. The van der Waals surface area contributed by atoms with Crippen LogP contribution in [0.15, 0.2) is 0 Å². The van der Waals surface area contributed by atoms with E-state index in [2.05, 4.69) is 30.9 Å². The molecule has 0 saturated carbocycles. The van der Waals surface area contributed by atoms with E-state index >= 15 is 0 Å². The summed E-state index contributed by atoms with van der Waals surface area (Å²) < 4.78 is 0. The van der Waals surface area contributed by atoms with Crippen molar-refractivity contribution < 1.29 is 0 Å². The minimum Gasteiger partial charge on any atom is -0.370 e. The monoisotopic (exact) mass is 341 g/mol. The quantitative estimate of drug-likeness (QED) is 0.858. The molecule has 3 heterocycles. The summed E-state index contributed by atoms with van der Waals surface area (Å²) in [6.45, 7) is 5.48. The first-order chi connectivity index (χ1) is 10.3. The Kier molecular flexibility index (Phi) is 5.62. The van der Waals surface area contributed by atoms with Crippen molar-refractivity contribution in [3.63, 3.8) is 0 Å². The number of hydrogen-bond donors (Lipinski definition) is 1. The summed E-state index contributed by atoms with van der Waals surface area (Å²) in [7, 11) is 0. The van der Waals surface area contributed by atoms with Gasteiger partial charge in [0.15, 0.2) is 0 Å². The maximum Gasteiger partial charge on any atom is 0.145 e. The van der Waals surface area contributed by atoms with Crippen LogP contribution in [0.3, 0.4) is 0 Å². The smallest absolute Gasteiger partial charge is 0.145 e. The molecule has 3 nitrogen and oxygen atoms in total. The fourth-order valence-corrected chi connectivity index (χ4v) is 6.76. The van der Waals surface area contributed by atoms with Gasteiger partial charge in [-0.25, -0.2) is 9.97 Å². The molecule has 0 radical (unpaired) electrons. The van der Waals surface area contributed by atoms with E-state index in [-0.39, 0.29) is 0 Å². The molecule has 0 aromatic carbocycles. The molecule has 2 unspecified atom stereocenters. The highest BCUT2D eigenvalue weighted by Crippen LogP contribution is 2.44. The molecule has 1 aromatic heterocycles. The fourth-order valence-electron chi connectivity index (χ4n) is 2.73. The maximum absolute atomic E-state index is 4.94. The summed E-state index contributed by atoms with van der Waals surface area (Å²) in [4.78, 5) is 9.87. The molecule has 1 fully saturated rings. The van der Waals surface area contributed by atoms with Gasteiger partial charge in [0.25, 0.3) is 0 Å². The molecule has 0 spiro atoms. The third-order valence-electron chi connectivity index (χ3n) is 3.84. The maximum atomic E-state index is 4.94. The zero-order chi connectivity index (χ0) is 14.7. The van der Waals surface area contributed by atoms with E-state index in [1.165, 1.54) is 29.2 Å². The van der Waals surface area contributed by atoms with Crippen molar-refractivity contribution in [1.82, 2.24) is 9.97 Å². The topological polar surface area (TPSA) is 37.8 Å². The van der Waals surface area contributed by atoms with Gasteiger partial charge < -0.3 is 5.32 Å². The van der Waals surface area contributed by atoms with Gasteiger partial charge in [-0.05, 0) is 12.8 Å². The second-order valence-electron chi connectivity index (χ2n) is 5.38. The Morgan fingerprint density at radius 1 is 1.14 bits per heavy atom. The van der Waals surface area contributed by atoms with E-state index in [9.17, 15) is 0 Å². The van der Waals surface area contributed by atoms with E-state index in [4.69, 9.17) is 9.97 Å². The summed E-state index contributed by atoms with van der Waals surface area (Å²) >= 11 is 6.10. The van der Waals surface area contributed by atoms with Crippen LogP contribution in [0, 0.1) is 0 Å². The van der Waals surface area contributed by atoms with Crippen molar-refractivity contribution in [3.8, 4) is 0 Å². The number of nitrogens with one attached hydrogen (secondary N) is 1. The average molecular weight is 342 g/mol. The Morgan fingerprint density at radius 3 is 2.81 bits per heavy atom. The number of aromatic nitrogens is 2. The van der Waals surface area contributed by atoms with Crippen molar-refractivity contribution in [3.05, 3.63) is 17.1 Å². The Morgan fingerprint density at radius 2 is 2.00 bits per heavy atom. The molecule has 116 valence electrons. The van der Waals surface area contributed by atoms with Gasteiger partial charge in [0.2, 0.25) is 0 Å².